The van der Waals surface area contributed by atoms with Gasteiger partial charge in [0.1, 0.15) is 5.82 Å². The van der Waals surface area contributed by atoms with E-state index in [-0.39, 0.29) is 5.82 Å². The second-order valence-electron chi connectivity index (χ2n) is 4.33. The zero-order valence-electron chi connectivity index (χ0n) is 11.1. The Hall–Kier alpha value is -2.56. The number of benzene rings is 2. The van der Waals surface area contributed by atoms with Gasteiger partial charge in [0.2, 0.25) is 0 Å². The molecule has 0 spiro atoms. The fraction of sp³-hybridized carbons (Fsp3) is 0.133. The smallest absolute Gasteiger partial charge is 0.250 e. The lowest BCUT2D eigenvalue weighted by Gasteiger charge is -2.26. The number of nitrogen functional groups attached to an aromatic ring is 1. The van der Waals surface area contributed by atoms with Crippen molar-refractivity contribution in [3.05, 3.63) is 53.8 Å². The third kappa shape index (κ3) is 2.56. The number of carbonyl (C=O) groups excluding carboxylic acids is 1. The number of rotatable bonds is 4. The number of amides is 1. The summed E-state index contributed by atoms with van der Waals surface area (Å²) in [6.07, 6.45) is 0. The maximum atomic E-state index is 13.4. The van der Waals surface area contributed by atoms with Crippen LogP contribution in [0.4, 0.5) is 21.5 Å². The Morgan fingerprint density at radius 1 is 1.25 bits per heavy atom. The van der Waals surface area contributed by atoms with E-state index in [1.165, 1.54) is 12.1 Å². The first-order chi connectivity index (χ1) is 9.54. The fourth-order valence-corrected chi connectivity index (χ4v) is 2.18. The first-order valence-corrected chi connectivity index (χ1v) is 6.26. The van der Waals surface area contributed by atoms with Crippen molar-refractivity contribution < 1.29 is 9.18 Å². The highest BCUT2D eigenvalue weighted by Crippen LogP contribution is 2.33. The second-order valence-corrected chi connectivity index (χ2v) is 4.33. The van der Waals surface area contributed by atoms with Gasteiger partial charge in [-0.1, -0.05) is 12.1 Å². The molecule has 0 saturated carbocycles. The molecule has 2 rings (SSSR count). The Bertz CT molecular complexity index is 643. The molecular formula is C15H16FN3O. The van der Waals surface area contributed by atoms with Crippen LogP contribution in [0.1, 0.15) is 17.3 Å². The van der Waals surface area contributed by atoms with Crippen molar-refractivity contribution in [2.45, 2.75) is 6.92 Å². The first kappa shape index (κ1) is 13.9. The van der Waals surface area contributed by atoms with Crippen molar-refractivity contribution in [3.63, 3.8) is 0 Å². The number of carbonyl (C=O) groups is 1. The summed E-state index contributed by atoms with van der Waals surface area (Å²) in [6.45, 7) is 2.42. The number of anilines is 3. The van der Waals surface area contributed by atoms with Crippen molar-refractivity contribution in [1.29, 1.82) is 0 Å². The van der Waals surface area contributed by atoms with Crippen LogP contribution in [0.5, 0.6) is 0 Å². The molecule has 0 saturated heterocycles. The van der Waals surface area contributed by atoms with E-state index in [1.54, 1.807) is 35.2 Å². The zero-order chi connectivity index (χ0) is 14.7. The maximum absolute atomic E-state index is 13.4. The molecule has 0 fully saturated rings. The molecule has 104 valence electrons. The number of hydrogen-bond donors (Lipinski definition) is 2. The van der Waals surface area contributed by atoms with Crippen LogP contribution in [-0.2, 0) is 0 Å². The molecule has 1 amide bonds. The number of halogens is 1. The van der Waals surface area contributed by atoms with E-state index in [4.69, 9.17) is 11.5 Å². The van der Waals surface area contributed by atoms with Gasteiger partial charge in [0.15, 0.2) is 0 Å². The Balaban J connectivity index is 2.60. The SMILES string of the molecule is CCN(c1cccc(F)c1)c1c(N)cccc1C(N)=O. The van der Waals surface area contributed by atoms with Crippen LogP contribution < -0.4 is 16.4 Å². The molecule has 2 aromatic carbocycles. The minimum atomic E-state index is -0.567. The Labute approximate surface area is 116 Å². The van der Waals surface area contributed by atoms with Gasteiger partial charge in [0.25, 0.3) is 5.91 Å². The van der Waals surface area contributed by atoms with E-state index < -0.39 is 5.91 Å². The van der Waals surface area contributed by atoms with Gasteiger partial charge in [-0.05, 0) is 37.3 Å². The van der Waals surface area contributed by atoms with Gasteiger partial charge in [0.05, 0.1) is 16.9 Å². The summed E-state index contributed by atoms with van der Waals surface area (Å²) in [5.74, 6) is -0.918. The third-order valence-corrected chi connectivity index (χ3v) is 3.04. The average molecular weight is 273 g/mol. The van der Waals surface area contributed by atoms with E-state index >= 15 is 0 Å². The Morgan fingerprint density at radius 2 is 1.95 bits per heavy atom. The summed E-state index contributed by atoms with van der Waals surface area (Å²) < 4.78 is 13.4. The Kier molecular flexibility index (Phi) is 3.89. The van der Waals surface area contributed by atoms with Crippen LogP contribution in [0.25, 0.3) is 0 Å². The lowest BCUT2D eigenvalue weighted by molar-refractivity contribution is 0.100. The summed E-state index contributed by atoms with van der Waals surface area (Å²) in [5.41, 5.74) is 13.2. The van der Waals surface area contributed by atoms with Crippen molar-refractivity contribution in [2.75, 3.05) is 17.2 Å². The average Bonchev–Trinajstić information content (AvgIpc) is 2.41. The first-order valence-electron chi connectivity index (χ1n) is 6.26. The van der Waals surface area contributed by atoms with Crippen LogP contribution in [-0.4, -0.2) is 12.5 Å². The quantitative estimate of drug-likeness (QED) is 0.841. The largest absolute Gasteiger partial charge is 0.397 e. The lowest BCUT2D eigenvalue weighted by atomic mass is 10.1. The monoisotopic (exact) mass is 273 g/mol. The molecule has 0 radical (unpaired) electrons. The molecule has 2 aromatic rings. The van der Waals surface area contributed by atoms with Crippen LogP contribution in [0.3, 0.4) is 0 Å². The molecule has 4 nitrogen and oxygen atoms in total. The van der Waals surface area contributed by atoms with Gasteiger partial charge < -0.3 is 16.4 Å². The molecule has 0 aliphatic carbocycles. The van der Waals surface area contributed by atoms with E-state index in [9.17, 15) is 9.18 Å². The van der Waals surface area contributed by atoms with Gasteiger partial charge in [-0.3, -0.25) is 4.79 Å². The van der Waals surface area contributed by atoms with Gasteiger partial charge >= 0.3 is 0 Å². The minimum absolute atomic E-state index is 0.316. The molecule has 0 unspecified atom stereocenters. The topological polar surface area (TPSA) is 72.3 Å². The zero-order valence-corrected chi connectivity index (χ0v) is 11.1. The predicted molar refractivity (Wildman–Crippen MR) is 78.5 cm³/mol. The second kappa shape index (κ2) is 5.61. The lowest BCUT2D eigenvalue weighted by Crippen LogP contribution is -2.23. The van der Waals surface area contributed by atoms with Crippen molar-refractivity contribution in [2.24, 2.45) is 5.73 Å². The van der Waals surface area contributed by atoms with Crippen molar-refractivity contribution in [1.82, 2.24) is 0 Å². The highest BCUT2D eigenvalue weighted by atomic mass is 19.1. The van der Waals surface area contributed by atoms with E-state index in [2.05, 4.69) is 0 Å². The summed E-state index contributed by atoms with van der Waals surface area (Å²) in [5, 5.41) is 0. The number of nitrogens with two attached hydrogens (primary N) is 2. The molecule has 5 heteroatoms. The predicted octanol–water partition coefficient (Wildman–Crippen LogP) is 2.66. The third-order valence-electron chi connectivity index (χ3n) is 3.04. The van der Waals surface area contributed by atoms with Crippen molar-refractivity contribution >= 4 is 23.0 Å². The molecule has 0 aromatic heterocycles. The standard InChI is InChI=1S/C15H16FN3O/c1-2-19(11-6-3-5-10(16)9-11)14-12(15(18)20)7-4-8-13(14)17/h3-9H,2,17H2,1H3,(H2,18,20). The number of para-hydroxylation sites is 1. The number of hydrogen-bond acceptors (Lipinski definition) is 3. The summed E-state index contributed by atoms with van der Waals surface area (Å²) in [7, 11) is 0. The van der Waals surface area contributed by atoms with Crippen LogP contribution >= 0.6 is 0 Å². The molecule has 4 N–H and O–H groups in total. The van der Waals surface area contributed by atoms with Gasteiger partial charge in [-0.2, -0.15) is 0 Å². The molecule has 0 atom stereocenters. The normalized spacial score (nSPS) is 10.3. The van der Waals surface area contributed by atoms with Crippen LogP contribution in [0, 0.1) is 5.82 Å². The van der Waals surface area contributed by atoms with Crippen molar-refractivity contribution in [3.8, 4) is 0 Å². The summed E-state index contributed by atoms with van der Waals surface area (Å²) in [4.78, 5) is 13.3. The molecule has 0 bridgehead atoms. The summed E-state index contributed by atoms with van der Waals surface area (Å²) in [6, 6.07) is 11.1. The number of nitrogens with zero attached hydrogens (tertiary/aromatic N) is 1. The molecule has 0 aliphatic heterocycles. The molecule has 0 aliphatic rings. The van der Waals surface area contributed by atoms with Crippen LogP contribution in [0.15, 0.2) is 42.5 Å². The van der Waals surface area contributed by atoms with Crippen LogP contribution in [0.2, 0.25) is 0 Å². The van der Waals surface area contributed by atoms with Gasteiger partial charge in [-0.15, -0.1) is 0 Å². The molecule has 20 heavy (non-hydrogen) atoms. The Morgan fingerprint density at radius 3 is 2.55 bits per heavy atom. The van der Waals surface area contributed by atoms with E-state index in [1.807, 2.05) is 6.92 Å². The van der Waals surface area contributed by atoms with E-state index in [0.29, 0.717) is 29.2 Å². The minimum Gasteiger partial charge on any atom is -0.397 e. The molecular weight excluding hydrogens is 257 g/mol. The molecule has 0 heterocycles. The highest BCUT2D eigenvalue weighted by Gasteiger charge is 2.18. The van der Waals surface area contributed by atoms with Gasteiger partial charge in [0, 0.05) is 12.2 Å². The number of primary amides is 1. The van der Waals surface area contributed by atoms with Gasteiger partial charge in [-0.25, -0.2) is 4.39 Å². The highest BCUT2D eigenvalue weighted by molar-refractivity contribution is 6.02. The van der Waals surface area contributed by atoms with E-state index in [0.717, 1.165) is 0 Å². The summed E-state index contributed by atoms with van der Waals surface area (Å²) >= 11 is 0. The maximum Gasteiger partial charge on any atom is 0.250 e. The fourth-order valence-electron chi connectivity index (χ4n) is 2.18.